The van der Waals surface area contributed by atoms with Crippen LogP contribution in [0, 0.1) is 0 Å². The SMILES string of the molecule is O=C(O)CSc1cc(NS(=O)(=O)c2cccc(Oc3ccc(Cl)cc3)c2)c2ccccc2c1O. The quantitative estimate of drug-likeness (QED) is 0.196. The lowest BCUT2D eigenvalue weighted by atomic mass is 10.1. The molecule has 0 atom stereocenters. The molecule has 0 aliphatic heterocycles. The molecule has 7 nitrogen and oxygen atoms in total. The van der Waals surface area contributed by atoms with E-state index in [2.05, 4.69) is 4.72 Å². The highest BCUT2D eigenvalue weighted by Gasteiger charge is 2.20. The third-order valence-corrected chi connectivity index (χ3v) is 7.37. The van der Waals surface area contributed by atoms with E-state index in [9.17, 15) is 18.3 Å². The molecule has 0 aromatic heterocycles. The predicted octanol–water partition coefficient (Wildman–Crippen LogP) is 5.97. The van der Waals surface area contributed by atoms with E-state index >= 15 is 0 Å². The zero-order valence-electron chi connectivity index (χ0n) is 17.4. The lowest BCUT2D eigenvalue weighted by Gasteiger charge is -2.15. The van der Waals surface area contributed by atoms with Crippen LogP contribution < -0.4 is 9.46 Å². The third kappa shape index (κ3) is 5.39. The first-order valence-corrected chi connectivity index (χ1v) is 12.7. The van der Waals surface area contributed by atoms with Crippen molar-refractivity contribution in [1.82, 2.24) is 0 Å². The van der Waals surface area contributed by atoms with Crippen molar-refractivity contribution >= 4 is 55.8 Å². The maximum absolute atomic E-state index is 13.2. The molecule has 0 unspecified atom stereocenters. The van der Waals surface area contributed by atoms with Gasteiger partial charge < -0.3 is 14.9 Å². The van der Waals surface area contributed by atoms with Crippen LogP contribution >= 0.6 is 23.4 Å². The summed E-state index contributed by atoms with van der Waals surface area (Å²) in [6.45, 7) is 0. The summed E-state index contributed by atoms with van der Waals surface area (Å²) in [6, 6.07) is 20.8. The number of carbonyl (C=O) groups is 1. The van der Waals surface area contributed by atoms with Gasteiger partial charge >= 0.3 is 5.97 Å². The molecule has 0 fully saturated rings. The molecular weight excluding hydrogens is 498 g/mol. The zero-order chi connectivity index (χ0) is 24.3. The Labute approximate surface area is 205 Å². The maximum atomic E-state index is 13.2. The van der Waals surface area contributed by atoms with Crippen molar-refractivity contribution in [2.24, 2.45) is 0 Å². The summed E-state index contributed by atoms with van der Waals surface area (Å²) in [6.07, 6.45) is 0. The number of anilines is 1. The lowest BCUT2D eigenvalue weighted by Crippen LogP contribution is -2.13. The fourth-order valence-corrected chi connectivity index (χ4v) is 5.17. The number of hydrogen-bond acceptors (Lipinski definition) is 6. The predicted molar refractivity (Wildman–Crippen MR) is 133 cm³/mol. The first-order chi connectivity index (χ1) is 16.2. The number of nitrogens with one attached hydrogen (secondary N) is 1. The van der Waals surface area contributed by atoms with Crippen molar-refractivity contribution in [1.29, 1.82) is 0 Å². The normalized spacial score (nSPS) is 11.3. The molecule has 0 heterocycles. The molecule has 4 rings (SSSR count). The highest BCUT2D eigenvalue weighted by molar-refractivity contribution is 8.00. The number of carboxylic acids is 1. The number of sulfonamides is 1. The van der Waals surface area contributed by atoms with E-state index in [1.54, 1.807) is 60.7 Å². The van der Waals surface area contributed by atoms with Crippen LogP contribution in [0.2, 0.25) is 5.02 Å². The Morgan fingerprint density at radius 3 is 2.35 bits per heavy atom. The van der Waals surface area contributed by atoms with E-state index in [4.69, 9.17) is 21.4 Å². The van der Waals surface area contributed by atoms with Crippen LogP contribution in [0.1, 0.15) is 0 Å². The standard InChI is InChI=1S/C24H18ClNO6S2/c25-15-8-10-16(11-9-15)32-17-4-3-5-18(12-17)34(30,31)26-21-13-22(33-14-23(27)28)24(29)20-7-2-1-6-19(20)21/h1-13,26,29H,14H2,(H,27,28). The van der Waals surface area contributed by atoms with E-state index < -0.39 is 16.0 Å². The van der Waals surface area contributed by atoms with Gasteiger partial charge in [-0.1, -0.05) is 41.9 Å². The molecule has 0 bridgehead atoms. The minimum Gasteiger partial charge on any atom is -0.506 e. The molecule has 0 aliphatic rings. The number of aliphatic carboxylic acids is 1. The third-order valence-electron chi connectivity index (χ3n) is 4.74. The van der Waals surface area contributed by atoms with E-state index in [0.29, 0.717) is 27.3 Å². The van der Waals surface area contributed by atoms with Crippen LogP contribution in [-0.2, 0) is 14.8 Å². The van der Waals surface area contributed by atoms with Crippen LogP contribution in [0.3, 0.4) is 0 Å². The summed E-state index contributed by atoms with van der Waals surface area (Å²) < 4.78 is 34.7. The van der Waals surface area contributed by atoms with Gasteiger partial charge in [0, 0.05) is 21.9 Å². The molecule has 34 heavy (non-hydrogen) atoms. The van der Waals surface area contributed by atoms with Gasteiger partial charge in [-0.15, -0.1) is 11.8 Å². The van der Waals surface area contributed by atoms with Gasteiger partial charge in [0.2, 0.25) is 0 Å². The number of phenols is 1. The smallest absolute Gasteiger partial charge is 0.313 e. The highest BCUT2D eigenvalue weighted by Crippen LogP contribution is 2.40. The minimum absolute atomic E-state index is 0.0316. The number of halogens is 1. The Morgan fingerprint density at radius 2 is 1.65 bits per heavy atom. The second-order valence-electron chi connectivity index (χ2n) is 7.14. The largest absolute Gasteiger partial charge is 0.506 e. The van der Waals surface area contributed by atoms with Crippen molar-refractivity contribution in [3.8, 4) is 17.2 Å². The summed E-state index contributed by atoms with van der Waals surface area (Å²) in [5.41, 5.74) is 0.213. The van der Waals surface area contributed by atoms with Crippen molar-refractivity contribution in [3.05, 3.63) is 83.9 Å². The molecule has 3 N–H and O–H groups in total. The fourth-order valence-electron chi connectivity index (χ4n) is 3.22. The molecule has 0 saturated carbocycles. The van der Waals surface area contributed by atoms with E-state index in [1.165, 1.54) is 18.2 Å². The molecule has 174 valence electrons. The number of hydrogen-bond donors (Lipinski definition) is 3. The highest BCUT2D eigenvalue weighted by atomic mass is 35.5. The fraction of sp³-hybridized carbons (Fsp3) is 0.0417. The second-order valence-corrected chi connectivity index (χ2v) is 10.3. The van der Waals surface area contributed by atoms with E-state index in [0.717, 1.165) is 11.8 Å². The molecule has 0 spiro atoms. The monoisotopic (exact) mass is 515 g/mol. The van der Waals surface area contributed by atoms with E-state index in [-0.39, 0.29) is 27.0 Å². The first kappa shape index (κ1) is 23.7. The van der Waals surface area contributed by atoms with Gasteiger partial charge in [0.15, 0.2) is 0 Å². The number of carboxylic acid groups (broad SMARTS) is 1. The van der Waals surface area contributed by atoms with Gasteiger partial charge in [0.1, 0.15) is 17.2 Å². The average molecular weight is 516 g/mol. The van der Waals surface area contributed by atoms with Crippen LogP contribution in [0.4, 0.5) is 5.69 Å². The van der Waals surface area contributed by atoms with Gasteiger partial charge in [0.05, 0.1) is 21.2 Å². The molecular formula is C24H18ClNO6S2. The molecule has 4 aromatic rings. The van der Waals surface area contributed by atoms with Crippen LogP contribution in [0.25, 0.3) is 10.8 Å². The summed E-state index contributed by atoms with van der Waals surface area (Å²) in [5, 5.41) is 21.0. The molecule has 0 aliphatic carbocycles. The summed E-state index contributed by atoms with van der Waals surface area (Å²) in [4.78, 5) is 11.2. The van der Waals surface area contributed by atoms with Gasteiger partial charge in [-0.05, 0) is 42.5 Å². The van der Waals surface area contributed by atoms with Gasteiger partial charge in [-0.3, -0.25) is 9.52 Å². The number of benzene rings is 4. The molecule has 4 aromatic carbocycles. The number of ether oxygens (including phenoxy) is 1. The Kier molecular flexibility index (Phi) is 6.87. The molecule has 10 heteroatoms. The summed E-state index contributed by atoms with van der Waals surface area (Å²) >= 11 is 6.78. The molecule has 0 saturated heterocycles. The molecule has 0 amide bonds. The van der Waals surface area contributed by atoms with Gasteiger partial charge in [-0.25, -0.2) is 8.42 Å². The Balaban J connectivity index is 1.68. The van der Waals surface area contributed by atoms with Gasteiger partial charge in [0.25, 0.3) is 10.0 Å². The summed E-state index contributed by atoms with van der Waals surface area (Å²) in [5.74, 6) is -0.641. The van der Waals surface area contributed by atoms with Crippen molar-refractivity contribution in [2.75, 3.05) is 10.5 Å². The average Bonchev–Trinajstić information content (AvgIpc) is 2.81. The number of fused-ring (bicyclic) bond motifs is 1. The van der Waals surface area contributed by atoms with E-state index in [1.807, 2.05) is 0 Å². The number of phenolic OH excluding ortho intramolecular Hbond substituents is 1. The van der Waals surface area contributed by atoms with Gasteiger partial charge in [-0.2, -0.15) is 0 Å². The number of thioether (sulfide) groups is 1. The van der Waals surface area contributed by atoms with Crippen molar-refractivity contribution < 1.29 is 28.2 Å². The molecule has 0 radical (unpaired) electrons. The topological polar surface area (TPSA) is 113 Å². The lowest BCUT2D eigenvalue weighted by molar-refractivity contribution is -0.133. The maximum Gasteiger partial charge on any atom is 0.313 e. The second kappa shape index (κ2) is 9.84. The van der Waals surface area contributed by atoms with Crippen LogP contribution in [0.5, 0.6) is 17.2 Å². The Morgan fingerprint density at radius 1 is 0.941 bits per heavy atom. The van der Waals surface area contributed by atoms with Crippen LogP contribution in [-0.4, -0.2) is 30.4 Å². The number of rotatable bonds is 8. The van der Waals surface area contributed by atoms with Crippen molar-refractivity contribution in [3.63, 3.8) is 0 Å². The Hall–Kier alpha value is -3.40. The van der Waals surface area contributed by atoms with Crippen LogP contribution in [0.15, 0.2) is 88.7 Å². The minimum atomic E-state index is -4.05. The summed E-state index contributed by atoms with van der Waals surface area (Å²) in [7, 11) is -4.05. The van der Waals surface area contributed by atoms with Crippen molar-refractivity contribution in [2.45, 2.75) is 9.79 Å². The Bertz CT molecular complexity index is 1470. The zero-order valence-corrected chi connectivity index (χ0v) is 19.8. The number of aromatic hydroxyl groups is 1. The first-order valence-electron chi connectivity index (χ1n) is 9.88.